The van der Waals surface area contributed by atoms with E-state index < -0.39 is 0 Å². The van der Waals surface area contributed by atoms with E-state index in [9.17, 15) is 0 Å². The maximum Gasteiger partial charge on any atom is 0.0587 e. The van der Waals surface area contributed by atoms with Crippen LogP contribution in [0.2, 0.25) is 0 Å². The van der Waals surface area contributed by atoms with Gasteiger partial charge in [0.05, 0.1) is 6.61 Å². The molecule has 0 saturated carbocycles. The van der Waals surface area contributed by atoms with Gasteiger partial charge in [0.1, 0.15) is 0 Å². The van der Waals surface area contributed by atoms with Crippen LogP contribution in [0.25, 0.3) is 0 Å². The lowest BCUT2D eigenvalue weighted by Gasteiger charge is -2.01. The fourth-order valence-electron chi connectivity index (χ4n) is 1.22. The topological polar surface area (TPSA) is 21.3 Å². The maximum absolute atomic E-state index is 4.93. The molecule has 0 aromatic heterocycles. The molecule has 0 heterocycles. The number of allylic oxidation sites excluding steroid dienone is 3. The van der Waals surface area contributed by atoms with Gasteiger partial charge in [0, 0.05) is 13.7 Å². The van der Waals surface area contributed by atoms with Gasteiger partial charge in [-0.15, -0.1) is 0 Å². The van der Waals surface area contributed by atoms with Gasteiger partial charge >= 0.3 is 0 Å². The summed E-state index contributed by atoms with van der Waals surface area (Å²) in [5.41, 5.74) is 2.70. The van der Waals surface area contributed by atoms with Crippen LogP contribution < -0.4 is 5.32 Å². The molecule has 0 unspecified atom stereocenters. The minimum Gasteiger partial charge on any atom is -0.383 e. The molecule has 0 aromatic rings. The first kappa shape index (κ1) is 13.4. The second-order valence-electron chi connectivity index (χ2n) is 3.70. The zero-order valence-corrected chi connectivity index (χ0v) is 9.89. The van der Waals surface area contributed by atoms with E-state index in [2.05, 4.69) is 38.2 Å². The summed E-state index contributed by atoms with van der Waals surface area (Å²) < 4.78 is 4.93. The maximum atomic E-state index is 4.93. The van der Waals surface area contributed by atoms with Gasteiger partial charge in [-0.25, -0.2) is 0 Å². The largest absolute Gasteiger partial charge is 0.383 e. The Hall–Kier alpha value is -0.600. The molecule has 0 aliphatic carbocycles. The molecule has 0 radical (unpaired) electrons. The highest BCUT2D eigenvalue weighted by Crippen LogP contribution is 2.01. The highest BCUT2D eigenvalue weighted by atomic mass is 16.5. The molecule has 0 rings (SSSR count). The Labute approximate surface area is 88.0 Å². The molecule has 0 atom stereocenters. The summed E-state index contributed by atoms with van der Waals surface area (Å²) in [6.45, 7) is 9.13. The molecule has 14 heavy (non-hydrogen) atoms. The van der Waals surface area contributed by atoms with Gasteiger partial charge in [0.15, 0.2) is 0 Å². The smallest absolute Gasteiger partial charge is 0.0587 e. The Bertz CT molecular complexity index is 190. The molecule has 2 nitrogen and oxygen atoms in total. The average molecular weight is 197 g/mol. The van der Waals surface area contributed by atoms with Crippen molar-refractivity contribution in [1.82, 2.24) is 5.32 Å². The van der Waals surface area contributed by atoms with Crippen molar-refractivity contribution in [2.45, 2.75) is 27.2 Å². The summed E-state index contributed by atoms with van der Waals surface area (Å²) in [6.07, 6.45) is 5.54. The van der Waals surface area contributed by atoms with Crippen LogP contribution in [-0.2, 0) is 4.74 Å². The minimum atomic E-state index is 0.788. The third kappa shape index (κ3) is 9.49. The molecule has 0 amide bonds. The summed E-state index contributed by atoms with van der Waals surface area (Å²) in [5.74, 6) is 0. The van der Waals surface area contributed by atoms with E-state index in [1.807, 2.05) is 0 Å². The van der Waals surface area contributed by atoms with E-state index in [1.165, 1.54) is 11.1 Å². The van der Waals surface area contributed by atoms with Crippen LogP contribution in [0.3, 0.4) is 0 Å². The van der Waals surface area contributed by atoms with Crippen LogP contribution in [0.1, 0.15) is 27.2 Å². The lowest BCUT2D eigenvalue weighted by atomic mass is 10.2. The third-order valence-corrected chi connectivity index (χ3v) is 1.79. The molecule has 82 valence electrons. The van der Waals surface area contributed by atoms with Crippen molar-refractivity contribution in [2.75, 3.05) is 26.8 Å². The number of hydrogen-bond acceptors (Lipinski definition) is 2. The minimum absolute atomic E-state index is 0.788. The lowest BCUT2D eigenvalue weighted by molar-refractivity contribution is 0.199. The normalized spacial score (nSPS) is 11.6. The van der Waals surface area contributed by atoms with Crippen molar-refractivity contribution in [3.63, 3.8) is 0 Å². The second kappa shape index (κ2) is 8.97. The fourth-order valence-corrected chi connectivity index (χ4v) is 1.22. The van der Waals surface area contributed by atoms with Gasteiger partial charge in [-0.1, -0.05) is 23.3 Å². The molecule has 0 aliphatic heterocycles. The monoisotopic (exact) mass is 197 g/mol. The van der Waals surface area contributed by atoms with Gasteiger partial charge in [-0.05, 0) is 33.7 Å². The summed E-state index contributed by atoms with van der Waals surface area (Å²) in [5, 5.41) is 3.30. The molecule has 0 aliphatic rings. The van der Waals surface area contributed by atoms with E-state index in [0.29, 0.717) is 0 Å². The average Bonchev–Trinajstić information content (AvgIpc) is 2.10. The SMILES string of the molecule is COCCNCCC=C(C)C=C(C)C. The molecule has 2 heteroatoms. The van der Waals surface area contributed by atoms with Crippen molar-refractivity contribution in [2.24, 2.45) is 0 Å². The fraction of sp³-hybridized carbons (Fsp3) is 0.667. The molecule has 0 aromatic carbocycles. The summed E-state index contributed by atoms with van der Waals surface area (Å²) in [7, 11) is 1.72. The predicted molar refractivity (Wildman–Crippen MR) is 62.6 cm³/mol. The highest BCUT2D eigenvalue weighted by molar-refractivity contribution is 5.19. The quantitative estimate of drug-likeness (QED) is 0.500. The Morgan fingerprint density at radius 1 is 1.21 bits per heavy atom. The summed E-state index contributed by atoms with van der Waals surface area (Å²) in [6, 6.07) is 0. The molecular weight excluding hydrogens is 174 g/mol. The zero-order chi connectivity index (χ0) is 10.8. The molecule has 0 spiro atoms. The van der Waals surface area contributed by atoms with E-state index in [-0.39, 0.29) is 0 Å². The van der Waals surface area contributed by atoms with Gasteiger partial charge in [-0.3, -0.25) is 0 Å². The molecular formula is C12H23NO. The summed E-state index contributed by atoms with van der Waals surface area (Å²) >= 11 is 0. The number of nitrogens with one attached hydrogen (secondary N) is 1. The number of rotatable bonds is 7. The van der Waals surface area contributed by atoms with Gasteiger partial charge < -0.3 is 10.1 Å². The molecule has 0 fully saturated rings. The van der Waals surface area contributed by atoms with E-state index in [4.69, 9.17) is 4.74 Å². The standard InChI is InChI=1S/C12H23NO/c1-11(2)10-12(3)6-5-7-13-8-9-14-4/h6,10,13H,5,7-9H2,1-4H3. The van der Waals surface area contributed by atoms with Crippen molar-refractivity contribution in [3.05, 3.63) is 23.3 Å². The number of hydrogen-bond donors (Lipinski definition) is 1. The van der Waals surface area contributed by atoms with Crippen LogP contribution in [0.15, 0.2) is 23.3 Å². The van der Waals surface area contributed by atoms with Crippen molar-refractivity contribution < 1.29 is 4.74 Å². The van der Waals surface area contributed by atoms with E-state index in [0.717, 1.165) is 26.1 Å². The van der Waals surface area contributed by atoms with Gasteiger partial charge in [-0.2, -0.15) is 0 Å². The van der Waals surface area contributed by atoms with Crippen LogP contribution >= 0.6 is 0 Å². The number of methoxy groups -OCH3 is 1. The highest BCUT2D eigenvalue weighted by Gasteiger charge is 1.86. The van der Waals surface area contributed by atoms with Gasteiger partial charge in [0.2, 0.25) is 0 Å². The summed E-state index contributed by atoms with van der Waals surface area (Å²) in [4.78, 5) is 0. The van der Waals surface area contributed by atoms with Crippen LogP contribution in [-0.4, -0.2) is 26.8 Å². The Kier molecular flexibility index (Phi) is 8.59. The van der Waals surface area contributed by atoms with E-state index in [1.54, 1.807) is 7.11 Å². The number of ether oxygens (including phenoxy) is 1. The van der Waals surface area contributed by atoms with Crippen LogP contribution in [0.5, 0.6) is 0 Å². The molecule has 0 bridgehead atoms. The first-order valence-corrected chi connectivity index (χ1v) is 5.18. The molecule has 1 N–H and O–H groups in total. The first-order valence-electron chi connectivity index (χ1n) is 5.18. The van der Waals surface area contributed by atoms with E-state index >= 15 is 0 Å². The van der Waals surface area contributed by atoms with Crippen molar-refractivity contribution >= 4 is 0 Å². The lowest BCUT2D eigenvalue weighted by Crippen LogP contribution is -2.19. The van der Waals surface area contributed by atoms with Gasteiger partial charge in [0.25, 0.3) is 0 Å². The second-order valence-corrected chi connectivity index (χ2v) is 3.70. The Balaban J connectivity index is 3.47. The van der Waals surface area contributed by atoms with Crippen molar-refractivity contribution in [1.29, 1.82) is 0 Å². The predicted octanol–water partition coefficient (Wildman–Crippen LogP) is 2.53. The molecule has 0 saturated heterocycles. The van der Waals surface area contributed by atoms with Crippen LogP contribution in [0, 0.1) is 0 Å². The Morgan fingerprint density at radius 3 is 2.50 bits per heavy atom. The third-order valence-electron chi connectivity index (χ3n) is 1.79. The Morgan fingerprint density at radius 2 is 1.93 bits per heavy atom. The zero-order valence-electron chi connectivity index (χ0n) is 9.89. The first-order chi connectivity index (χ1) is 6.66. The van der Waals surface area contributed by atoms with Crippen LogP contribution in [0.4, 0.5) is 0 Å². The van der Waals surface area contributed by atoms with Crippen molar-refractivity contribution in [3.8, 4) is 0 Å².